The Balaban J connectivity index is 1.92. The molecule has 128 valence electrons. The SMILES string of the molecule is CS(=O)(=O)N(CC(=O)NC[C@@H]1CCCO1)Cc1ccc(Cl)cc1. The number of sulfonamides is 1. The molecule has 1 N–H and O–H groups in total. The number of benzene rings is 1. The van der Waals surface area contributed by atoms with E-state index in [0.717, 1.165) is 29.0 Å². The van der Waals surface area contributed by atoms with Crippen LogP contribution in [-0.4, -0.2) is 50.7 Å². The van der Waals surface area contributed by atoms with Gasteiger partial charge in [-0.15, -0.1) is 0 Å². The zero-order valence-corrected chi connectivity index (χ0v) is 14.6. The smallest absolute Gasteiger partial charge is 0.235 e. The van der Waals surface area contributed by atoms with E-state index in [2.05, 4.69) is 5.32 Å². The Morgan fingerprint density at radius 2 is 2.09 bits per heavy atom. The van der Waals surface area contributed by atoms with Crippen molar-refractivity contribution in [1.82, 2.24) is 9.62 Å². The summed E-state index contributed by atoms with van der Waals surface area (Å²) < 4.78 is 30.4. The molecule has 0 bridgehead atoms. The van der Waals surface area contributed by atoms with E-state index >= 15 is 0 Å². The minimum absolute atomic E-state index is 0.0295. The fourth-order valence-electron chi connectivity index (χ4n) is 2.33. The van der Waals surface area contributed by atoms with Crippen molar-refractivity contribution in [3.05, 3.63) is 34.9 Å². The molecule has 0 radical (unpaired) electrons. The van der Waals surface area contributed by atoms with Gasteiger partial charge in [-0.25, -0.2) is 8.42 Å². The molecule has 1 saturated heterocycles. The fraction of sp³-hybridized carbons (Fsp3) is 0.533. The molecular weight excluding hydrogens is 340 g/mol. The van der Waals surface area contributed by atoms with Gasteiger partial charge in [-0.2, -0.15) is 4.31 Å². The molecule has 1 aromatic carbocycles. The second kappa shape index (κ2) is 8.10. The summed E-state index contributed by atoms with van der Waals surface area (Å²) in [6.45, 7) is 1.04. The van der Waals surface area contributed by atoms with Gasteiger partial charge in [0.05, 0.1) is 18.9 Å². The minimum Gasteiger partial charge on any atom is -0.376 e. The van der Waals surface area contributed by atoms with Crippen LogP contribution in [0.3, 0.4) is 0 Å². The average Bonchev–Trinajstić information content (AvgIpc) is 2.99. The van der Waals surface area contributed by atoms with Crippen LogP contribution in [0.1, 0.15) is 18.4 Å². The first kappa shape index (κ1) is 18.2. The fourth-order valence-corrected chi connectivity index (χ4v) is 3.19. The van der Waals surface area contributed by atoms with Crippen LogP contribution in [-0.2, 0) is 26.1 Å². The number of amides is 1. The van der Waals surface area contributed by atoms with Crippen molar-refractivity contribution in [1.29, 1.82) is 0 Å². The molecule has 1 aliphatic heterocycles. The number of halogens is 1. The molecule has 0 aromatic heterocycles. The molecule has 0 aliphatic carbocycles. The highest BCUT2D eigenvalue weighted by Gasteiger charge is 2.22. The highest BCUT2D eigenvalue weighted by molar-refractivity contribution is 7.88. The van der Waals surface area contributed by atoms with Gasteiger partial charge in [0.25, 0.3) is 0 Å². The first-order valence-corrected chi connectivity index (χ1v) is 9.65. The van der Waals surface area contributed by atoms with E-state index in [4.69, 9.17) is 16.3 Å². The predicted octanol–water partition coefficient (Wildman–Crippen LogP) is 1.40. The summed E-state index contributed by atoms with van der Waals surface area (Å²) in [6.07, 6.45) is 3.03. The summed E-state index contributed by atoms with van der Waals surface area (Å²) >= 11 is 5.82. The Kier molecular flexibility index (Phi) is 6.41. The van der Waals surface area contributed by atoms with Crippen molar-refractivity contribution >= 4 is 27.5 Å². The number of carbonyl (C=O) groups is 1. The van der Waals surface area contributed by atoms with E-state index in [0.29, 0.717) is 18.2 Å². The zero-order chi connectivity index (χ0) is 16.9. The maximum Gasteiger partial charge on any atom is 0.235 e. The first-order chi connectivity index (χ1) is 10.8. The molecule has 0 unspecified atom stereocenters. The number of carbonyl (C=O) groups excluding carboxylic acids is 1. The van der Waals surface area contributed by atoms with Crippen LogP contribution in [0.2, 0.25) is 5.02 Å². The summed E-state index contributed by atoms with van der Waals surface area (Å²) in [5.74, 6) is -0.333. The van der Waals surface area contributed by atoms with Gasteiger partial charge in [-0.3, -0.25) is 4.79 Å². The number of hydrogen-bond acceptors (Lipinski definition) is 4. The van der Waals surface area contributed by atoms with Gasteiger partial charge in [-0.05, 0) is 30.5 Å². The van der Waals surface area contributed by atoms with Gasteiger partial charge in [0.15, 0.2) is 0 Å². The molecule has 23 heavy (non-hydrogen) atoms. The Labute approximate surface area is 141 Å². The highest BCUT2D eigenvalue weighted by atomic mass is 35.5. The Morgan fingerprint density at radius 1 is 1.39 bits per heavy atom. The Bertz CT molecular complexity index is 627. The lowest BCUT2D eigenvalue weighted by atomic mass is 10.2. The van der Waals surface area contributed by atoms with Gasteiger partial charge < -0.3 is 10.1 Å². The maximum absolute atomic E-state index is 12.0. The second-order valence-electron chi connectivity index (χ2n) is 5.60. The van der Waals surface area contributed by atoms with Crippen LogP contribution in [0, 0.1) is 0 Å². The Morgan fingerprint density at radius 3 is 2.65 bits per heavy atom. The number of ether oxygens (including phenoxy) is 1. The molecule has 1 aromatic rings. The summed E-state index contributed by atoms with van der Waals surface area (Å²) in [4.78, 5) is 12.0. The van der Waals surface area contributed by atoms with Crippen molar-refractivity contribution in [3.63, 3.8) is 0 Å². The molecule has 1 aliphatic rings. The molecule has 6 nitrogen and oxygen atoms in total. The predicted molar refractivity (Wildman–Crippen MR) is 88.7 cm³/mol. The molecule has 1 fully saturated rings. The van der Waals surface area contributed by atoms with Crippen LogP contribution in [0.4, 0.5) is 0 Å². The molecule has 1 heterocycles. The first-order valence-electron chi connectivity index (χ1n) is 7.42. The van der Waals surface area contributed by atoms with Gasteiger partial charge in [0, 0.05) is 24.7 Å². The topological polar surface area (TPSA) is 75.7 Å². The summed E-state index contributed by atoms with van der Waals surface area (Å²) in [7, 11) is -3.50. The van der Waals surface area contributed by atoms with Crippen LogP contribution >= 0.6 is 11.6 Å². The standard InChI is InChI=1S/C15H21ClN2O4S/c1-23(20,21)18(10-12-4-6-13(16)7-5-12)11-15(19)17-9-14-3-2-8-22-14/h4-7,14H,2-3,8-11H2,1H3,(H,17,19)/t14-/m0/s1. The van der Waals surface area contributed by atoms with E-state index in [1.807, 2.05) is 0 Å². The summed E-state index contributed by atoms with van der Waals surface area (Å²) in [6, 6.07) is 6.86. The van der Waals surface area contributed by atoms with Gasteiger partial charge >= 0.3 is 0 Å². The third kappa shape index (κ3) is 6.10. The molecule has 0 spiro atoms. The Hall–Kier alpha value is -1.15. The lowest BCUT2D eigenvalue weighted by molar-refractivity contribution is -0.121. The van der Waals surface area contributed by atoms with E-state index < -0.39 is 10.0 Å². The lowest BCUT2D eigenvalue weighted by Crippen LogP contribution is -2.42. The van der Waals surface area contributed by atoms with Crippen LogP contribution in [0.25, 0.3) is 0 Å². The largest absolute Gasteiger partial charge is 0.376 e. The quantitative estimate of drug-likeness (QED) is 0.797. The van der Waals surface area contributed by atoms with Crippen LogP contribution in [0.5, 0.6) is 0 Å². The zero-order valence-electron chi connectivity index (χ0n) is 13.0. The van der Waals surface area contributed by atoms with Crippen molar-refractivity contribution in [3.8, 4) is 0 Å². The summed E-state index contributed by atoms with van der Waals surface area (Å²) in [5, 5.41) is 3.31. The maximum atomic E-state index is 12.0. The van der Waals surface area contributed by atoms with E-state index in [9.17, 15) is 13.2 Å². The number of hydrogen-bond donors (Lipinski definition) is 1. The molecular formula is C15H21ClN2O4S. The summed E-state index contributed by atoms with van der Waals surface area (Å²) in [5.41, 5.74) is 0.770. The van der Waals surface area contributed by atoms with E-state index in [-0.39, 0.29) is 25.1 Å². The normalized spacial score (nSPS) is 18.3. The molecule has 1 amide bonds. The van der Waals surface area contributed by atoms with Crippen LogP contribution in [0.15, 0.2) is 24.3 Å². The molecule has 0 saturated carbocycles. The minimum atomic E-state index is -3.50. The number of nitrogens with zero attached hydrogens (tertiary/aromatic N) is 1. The third-order valence-corrected chi connectivity index (χ3v) is 5.06. The van der Waals surface area contributed by atoms with Gasteiger partial charge in [0.1, 0.15) is 0 Å². The highest BCUT2D eigenvalue weighted by Crippen LogP contribution is 2.13. The van der Waals surface area contributed by atoms with Crippen molar-refractivity contribution in [2.24, 2.45) is 0 Å². The van der Waals surface area contributed by atoms with E-state index in [1.165, 1.54) is 0 Å². The molecule has 1 atom stereocenters. The lowest BCUT2D eigenvalue weighted by Gasteiger charge is -2.20. The van der Waals surface area contributed by atoms with Crippen molar-refractivity contribution in [2.45, 2.75) is 25.5 Å². The van der Waals surface area contributed by atoms with Crippen molar-refractivity contribution < 1.29 is 17.9 Å². The average molecular weight is 361 g/mol. The molecule has 2 rings (SSSR count). The monoisotopic (exact) mass is 360 g/mol. The van der Waals surface area contributed by atoms with E-state index in [1.54, 1.807) is 24.3 Å². The second-order valence-corrected chi connectivity index (χ2v) is 8.02. The van der Waals surface area contributed by atoms with Gasteiger partial charge in [-0.1, -0.05) is 23.7 Å². The number of rotatable bonds is 7. The third-order valence-electron chi connectivity index (χ3n) is 3.61. The molecule has 8 heteroatoms. The van der Waals surface area contributed by atoms with Gasteiger partial charge in [0.2, 0.25) is 15.9 Å². The van der Waals surface area contributed by atoms with Crippen LogP contribution < -0.4 is 5.32 Å². The van der Waals surface area contributed by atoms with Crippen molar-refractivity contribution in [2.75, 3.05) is 26.0 Å². The number of nitrogens with one attached hydrogen (secondary N) is 1.